The highest BCUT2D eigenvalue weighted by molar-refractivity contribution is 4.67. The van der Waals surface area contributed by atoms with E-state index in [1.54, 1.807) is 13.2 Å². The van der Waals surface area contributed by atoms with Crippen LogP contribution in [0.1, 0.15) is 32.6 Å². The van der Waals surface area contributed by atoms with E-state index in [2.05, 4.69) is 13.5 Å². The number of rotatable bonds is 13. The molecule has 5 heteroatoms. The maximum Gasteiger partial charge on any atom is 0.158 e. The van der Waals surface area contributed by atoms with Gasteiger partial charge in [0, 0.05) is 7.11 Å². The SMILES string of the molecule is C=CCOCC(COCC1COC(CCCCC)O1)OC. The van der Waals surface area contributed by atoms with E-state index in [1.165, 1.54) is 12.8 Å². The summed E-state index contributed by atoms with van der Waals surface area (Å²) in [7, 11) is 1.66. The van der Waals surface area contributed by atoms with Crippen molar-refractivity contribution < 1.29 is 23.7 Å². The summed E-state index contributed by atoms with van der Waals surface area (Å²) >= 11 is 0. The molecule has 21 heavy (non-hydrogen) atoms. The lowest BCUT2D eigenvalue weighted by Crippen LogP contribution is -2.27. The third-order valence-electron chi connectivity index (χ3n) is 3.34. The highest BCUT2D eigenvalue weighted by atomic mass is 16.7. The van der Waals surface area contributed by atoms with Crippen LogP contribution < -0.4 is 0 Å². The highest BCUT2D eigenvalue weighted by Crippen LogP contribution is 2.17. The minimum atomic E-state index is -0.0624. The summed E-state index contributed by atoms with van der Waals surface area (Å²) in [6, 6.07) is 0. The zero-order chi connectivity index (χ0) is 15.3. The minimum Gasteiger partial charge on any atom is -0.377 e. The number of hydrogen-bond acceptors (Lipinski definition) is 5. The lowest BCUT2D eigenvalue weighted by atomic mass is 10.2. The molecule has 0 aromatic carbocycles. The third-order valence-corrected chi connectivity index (χ3v) is 3.34. The normalized spacial score (nSPS) is 23.3. The van der Waals surface area contributed by atoms with Gasteiger partial charge in [0.05, 0.1) is 33.0 Å². The van der Waals surface area contributed by atoms with E-state index in [0.29, 0.717) is 33.0 Å². The third kappa shape index (κ3) is 8.53. The fraction of sp³-hybridized carbons (Fsp3) is 0.875. The van der Waals surface area contributed by atoms with Gasteiger partial charge < -0.3 is 23.7 Å². The Balaban J connectivity index is 2.05. The topological polar surface area (TPSA) is 46.2 Å². The van der Waals surface area contributed by atoms with E-state index >= 15 is 0 Å². The van der Waals surface area contributed by atoms with Gasteiger partial charge in [-0.15, -0.1) is 6.58 Å². The van der Waals surface area contributed by atoms with Crippen LogP contribution in [0.3, 0.4) is 0 Å². The number of unbranched alkanes of at least 4 members (excludes halogenated alkanes) is 2. The molecule has 0 spiro atoms. The quantitative estimate of drug-likeness (QED) is 0.386. The molecule has 0 saturated carbocycles. The molecule has 0 aromatic rings. The Kier molecular flexibility index (Phi) is 10.7. The Morgan fingerprint density at radius 1 is 1.29 bits per heavy atom. The average Bonchev–Trinajstić information content (AvgIpc) is 2.94. The van der Waals surface area contributed by atoms with Gasteiger partial charge in [-0.1, -0.05) is 25.8 Å². The van der Waals surface area contributed by atoms with Crippen molar-refractivity contribution in [3.05, 3.63) is 12.7 Å². The molecule has 0 N–H and O–H groups in total. The van der Waals surface area contributed by atoms with Crippen LogP contribution in [0.2, 0.25) is 0 Å². The molecule has 1 aliphatic rings. The number of methoxy groups -OCH3 is 1. The van der Waals surface area contributed by atoms with Crippen molar-refractivity contribution in [1.29, 1.82) is 0 Å². The van der Waals surface area contributed by atoms with Gasteiger partial charge >= 0.3 is 0 Å². The summed E-state index contributed by atoms with van der Waals surface area (Å²) in [4.78, 5) is 0. The van der Waals surface area contributed by atoms with E-state index in [-0.39, 0.29) is 18.5 Å². The van der Waals surface area contributed by atoms with Crippen molar-refractivity contribution in [3.63, 3.8) is 0 Å². The molecule has 0 aromatic heterocycles. The molecule has 1 saturated heterocycles. The Morgan fingerprint density at radius 3 is 2.81 bits per heavy atom. The smallest absolute Gasteiger partial charge is 0.158 e. The predicted octanol–water partition coefficient (Wildman–Crippen LogP) is 2.54. The standard InChI is InChI=1S/C16H30O5/c1-4-6-7-8-16-20-13-15(21-16)12-19-11-14(17-3)10-18-9-5-2/h5,14-16H,2,4,6-13H2,1,3H3. The Bertz CT molecular complexity index is 259. The second kappa shape index (κ2) is 12.1. The molecule has 0 amide bonds. The monoisotopic (exact) mass is 302 g/mol. The first-order valence-corrected chi connectivity index (χ1v) is 7.86. The molecule has 1 aliphatic heterocycles. The zero-order valence-electron chi connectivity index (χ0n) is 13.4. The van der Waals surface area contributed by atoms with Crippen LogP contribution in [0.15, 0.2) is 12.7 Å². The van der Waals surface area contributed by atoms with Gasteiger partial charge in [-0.05, 0) is 12.8 Å². The van der Waals surface area contributed by atoms with E-state index in [0.717, 1.165) is 12.8 Å². The van der Waals surface area contributed by atoms with Crippen LogP contribution in [-0.4, -0.2) is 58.6 Å². The van der Waals surface area contributed by atoms with E-state index in [4.69, 9.17) is 23.7 Å². The van der Waals surface area contributed by atoms with Crippen LogP contribution in [0, 0.1) is 0 Å². The molecule has 3 unspecified atom stereocenters. The fourth-order valence-corrected chi connectivity index (χ4v) is 2.11. The van der Waals surface area contributed by atoms with Crippen molar-refractivity contribution in [1.82, 2.24) is 0 Å². The van der Waals surface area contributed by atoms with Gasteiger partial charge in [-0.25, -0.2) is 0 Å². The minimum absolute atomic E-state index is 0.0308. The summed E-state index contributed by atoms with van der Waals surface area (Å²) in [5.74, 6) is 0. The van der Waals surface area contributed by atoms with Crippen molar-refractivity contribution in [2.45, 2.75) is 51.1 Å². The van der Waals surface area contributed by atoms with Gasteiger partial charge in [0.25, 0.3) is 0 Å². The number of hydrogen-bond donors (Lipinski definition) is 0. The fourth-order valence-electron chi connectivity index (χ4n) is 2.11. The van der Waals surface area contributed by atoms with E-state index < -0.39 is 0 Å². The summed E-state index contributed by atoms with van der Waals surface area (Å²) in [6.07, 6.45) is 6.20. The first-order valence-electron chi connectivity index (χ1n) is 7.86. The molecule has 0 aliphatic carbocycles. The molecule has 0 radical (unpaired) electrons. The first-order chi connectivity index (χ1) is 10.3. The lowest BCUT2D eigenvalue weighted by molar-refractivity contribution is -0.0873. The van der Waals surface area contributed by atoms with E-state index in [9.17, 15) is 0 Å². The maximum absolute atomic E-state index is 5.79. The van der Waals surface area contributed by atoms with Crippen LogP contribution in [-0.2, 0) is 23.7 Å². The van der Waals surface area contributed by atoms with Gasteiger partial charge in [0.2, 0.25) is 0 Å². The molecular formula is C16H30O5. The Labute approximate surface area is 128 Å². The summed E-state index contributed by atoms with van der Waals surface area (Å²) in [5.41, 5.74) is 0. The van der Waals surface area contributed by atoms with Crippen molar-refractivity contribution in [2.75, 3.05) is 40.1 Å². The predicted molar refractivity (Wildman–Crippen MR) is 81.4 cm³/mol. The summed E-state index contributed by atoms with van der Waals surface area (Å²) in [6.45, 7) is 8.47. The molecule has 1 heterocycles. The van der Waals surface area contributed by atoms with Crippen LogP contribution in [0.4, 0.5) is 0 Å². The molecule has 1 fully saturated rings. The van der Waals surface area contributed by atoms with Gasteiger partial charge in [0.1, 0.15) is 12.2 Å². The molecule has 3 atom stereocenters. The van der Waals surface area contributed by atoms with Crippen molar-refractivity contribution in [2.24, 2.45) is 0 Å². The van der Waals surface area contributed by atoms with E-state index in [1.807, 2.05) is 0 Å². The van der Waals surface area contributed by atoms with Crippen molar-refractivity contribution >= 4 is 0 Å². The summed E-state index contributed by atoms with van der Waals surface area (Å²) in [5, 5.41) is 0. The average molecular weight is 302 g/mol. The Hall–Kier alpha value is -0.460. The molecule has 124 valence electrons. The lowest BCUT2D eigenvalue weighted by Gasteiger charge is -2.17. The van der Waals surface area contributed by atoms with Gasteiger partial charge in [0.15, 0.2) is 6.29 Å². The first kappa shape index (κ1) is 18.6. The summed E-state index contributed by atoms with van der Waals surface area (Å²) < 4.78 is 27.7. The molecule has 0 bridgehead atoms. The second-order valence-corrected chi connectivity index (χ2v) is 5.24. The van der Waals surface area contributed by atoms with Crippen LogP contribution >= 0.6 is 0 Å². The van der Waals surface area contributed by atoms with Gasteiger partial charge in [-0.2, -0.15) is 0 Å². The molecule has 5 nitrogen and oxygen atoms in total. The van der Waals surface area contributed by atoms with Crippen LogP contribution in [0.25, 0.3) is 0 Å². The highest BCUT2D eigenvalue weighted by Gasteiger charge is 2.25. The second-order valence-electron chi connectivity index (χ2n) is 5.24. The molecule has 1 rings (SSSR count). The largest absolute Gasteiger partial charge is 0.377 e. The number of ether oxygens (including phenoxy) is 5. The van der Waals surface area contributed by atoms with Crippen LogP contribution in [0.5, 0.6) is 0 Å². The maximum atomic E-state index is 5.79. The Morgan fingerprint density at radius 2 is 2.10 bits per heavy atom. The van der Waals surface area contributed by atoms with Gasteiger partial charge in [-0.3, -0.25) is 0 Å². The zero-order valence-corrected chi connectivity index (χ0v) is 13.4. The molecular weight excluding hydrogens is 272 g/mol. The van der Waals surface area contributed by atoms with Crippen molar-refractivity contribution in [3.8, 4) is 0 Å².